The fourth-order valence-electron chi connectivity index (χ4n) is 1.02. The van der Waals surface area contributed by atoms with Crippen molar-refractivity contribution in [3.63, 3.8) is 0 Å². The molecule has 0 bridgehead atoms. The first kappa shape index (κ1) is 10.9. The summed E-state index contributed by atoms with van der Waals surface area (Å²) in [4.78, 5) is 0. The third kappa shape index (κ3) is 2.48. The van der Waals surface area contributed by atoms with Gasteiger partial charge in [-0.1, -0.05) is 22.5 Å². The van der Waals surface area contributed by atoms with E-state index in [-0.39, 0.29) is 10.9 Å². The first-order chi connectivity index (χ1) is 7.55. The van der Waals surface area contributed by atoms with E-state index in [4.69, 9.17) is 4.74 Å². The van der Waals surface area contributed by atoms with Crippen molar-refractivity contribution in [3.8, 4) is 10.9 Å². The molecule has 0 saturated heterocycles. The number of hydrogen-bond donors (Lipinski definition) is 0. The molecule has 0 saturated carbocycles. The summed E-state index contributed by atoms with van der Waals surface area (Å²) in [5.74, 6) is 0.0694. The summed E-state index contributed by atoms with van der Waals surface area (Å²) in [7, 11) is 0. The minimum Gasteiger partial charge on any atom is -0.430 e. The lowest BCUT2D eigenvalue weighted by Crippen LogP contribution is -2.04. The number of halogens is 3. The summed E-state index contributed by atoms with van der Waals surface area (Å²) in [6.07, 6.45) is -4.38. The third-order valence-electron chi connectivity index (χ3n) is 1.67. The number of aromatic nitrogens is 2. The fourth-order valence-corrected chi connectivity index (χ4v) is 1.40. The first-order valence-electron chi connectivity index (χ1n) is 4.10. The molecular formula is C9H4F3N2OS. The Labute approximate surface area is 92.5 Å². The monoisotopic (exact) mass is 245 g/mol. The summed E-state index contributed by atoms with van der Waals surface area (Å²) < 4.78 is 42.1. The van der Waals surface area contributed by atoms with E-state index in [2.05, 4.69) is 15.7 Å². The van der Waals surface area contributed by atoms with Crippen LogP contribution in [0, 0.1) is 5.51 Å². The van der Waals surface area contributed by atoms with Crippen molar-refractivity contribution in [2.45, 2.75) is 6.18 Å². The van der Waals surface area contributed by atoms with Gasteiger partial charge in [0.25, 0.3) is 5.19 Å². The number of nitrogens with zero attached hydrogens (tertiary/aromatic N) is 2. The lowest BCUT2D eigenvalue weighted by molar-refractivity contribution is -0.137. The van der Waals surface area contributed by atoms with Crippen molar-refractivity contribution in [1.82, 2.24) is 10.2 Å². The molecule has 0 fully saturated rings. The van der Waals surface area contributed by atoms with E-state index in [0.717, 1.165) is 23.5 Å². The molecule has 0 atom stereocenters. The van der Waals surface area contributed by atoms with Crippen LogP contribution >= 0.6 is 11.3 Å². The SMILES string of the molecule is FC(F)(F)c1cccc(Oc2nn[c]s2)c1. The van der Waals surface area contributed by atoms with Gasteiger partial charge in [0.1, 0.15) is 5.75 Å². The Morgan fingerprint density at radius 2 is 2.12 bits per heavy atom. The molecule has 1 heterocycles. The highest BCUT2D eigenvalue weighted by atomic mass is 32.1. The van der Waals surface area contributed by atoms with Gasteiger partial charge in [-0.25, -0.2) is 0 Å². The van der Waals surface area contributed by atoms with Gasteiger partial charge in [-0.2, -0.15) is 13.2 Å². The lowest BCUT2D eigenvalue weighted by atomic mass is 10.2. The zero-order chi connectivity index (χ0) is 11.6. The summed E-state index contributed by atoms with van der Waals surface area (Å²) in [5.41, 5.74) is 1.66. The molecular weight excluding hydrogens is 241 g/mol. The van der Waals surface area contributed by atoms with Gasteiger partial charge in [0.2, 0.25) is 0 Å². The quantitative estimate of drug-likeness (QED) is 0.815. The van der Waals surface area contributed by atoms with Crippen LogP contribution < -0.4 is 4.74 Å². The van der Waals surface area contributed by atoms with E-state index in [1.807, 2.05) is 0 Å². The zero-order valence-corrected chi connectivity index (χ0v) is 8.47. The van der Waals surface area contributed by atoms with Crippen molar-refractivity contribution in [3.05, 3.63) is 35.3 Å². The van der Waals surface area contributed by atoms with E-state index >= 15 is 0 Å². The van der Waals surface area contributed by atoms with Crippen LogP contribution in [0.15, 0.2) is 24.3 Å². The van der Waals surface area contributed by atoms with Crippen LogP contribution in [0.25, 0.3) is 0 Å². The van der Waals surface area contributed by atoms with E-state index in [9.17, 15) is 13.2 Å². The fraction of sp³-hybridized carbons (Fsp3) is 0.111. The maximum atomic E-state index is 12.4. The van der Waals surface area contributed by atoms with Crippen molar-refractivity contribution < 1.29 is 17.9 Å². The van der Waals surface area contributed by atoms with E-state index in [1.54, 1.807) is 0 Å². The molecule has 7 heteroatoms. The Kier molecular flexibility index (Phi) is 2.78. The number of hydrogen-bond acceptors (Lipinski definition) is 4. The zero-order valence-electron chi connectivity index (χ0n) is 7.65. The van der Waals surface area contributed by atoms with Crippen molar-refractivity contribution in [2.75, 3.05) is 0 Å². The molecule has 1 aromatic carbocycles. The Hall–Kier alpha value is -1.63. The van der Waals surface area contributed by atoms with E-state index in [0.29, 0.717) is 0 Å². The van der Waals surface area contributed by atoms with E-state index < -0.39 is 11.7 Å². The minimum atomic E-state index is -4.38. The molecule has 2 rings (SSSR count). The Morgan fingerprint density at radius 3 is 2.75 bits per heavy atom. The van der Waals surface area contributed by atoms with Crippen LogP contribution in [-0.2, 0) is 6.18 Å². The van der Waals surface area contributed by atoms with Gasteiger partial charge in [0.15, 0.2) is 5.51 Å². The van der Waals surface area contributed by atoms with Crippen molar-refractivity contribution in [2.24, 2.45) is 0 Å². The topological polar surface area (TPSA) is 35.0 Å². The van der Waals surface area contributed by atoms with E-state index in [1.165, 1.54) is 12.1 Å². The van der Waals surface area contributed by atoms with Gasteiger partial charge < -0.3 is 4.74 Å². The van der Waals surface area contributed by atoms with Gasteiger partial charge in [-0.05, 0) is 18.2 Å². The second-order valence-electron chi connectivity index (χ2n) is 2.79. The Bertz CT molecular complexity index is 470. The number of rotatable bonds is 2. The molecule has 0 amide bonds. The standard InChI is InChI=1S/C9H4F3N2OS/c10-9(11,12)6-2-1-3-7(4-6)15-8-14-13-5-16-8/h1-4H. The molecule has 1 aromatic heterocycles. The minimum absolute atomic E-state index is 0.0694. The molecule has 2 aromatic rings. The molecule has 0 spiro atoms. The van der Waals surface area contributed by atoms with Gasteiger partial charge in [-0.15, -0.1) is 5.10 Å². The molecule has 83 valence electrons. The predicted octanol–water partition coefficient (Wildman–Crippen LogP) is 3.15. The smallest absolute Gasteiger partial charge is 0.416 e. The predicted molar refractivity (Wildman–Crippen MR) is 50.3 cm³/mol. The van der Waals surface area contributed by atoms with Crippen molar-refractivity contribution in [1.29, 1.82) is 0 Å². The Balaban J connectivity index is 2.23. The molecule has 3 nitrogen and oxygen atoms in total. The Morgan fingerprint density at radius 1 is 1.31 bits per heavy atom. The number of benzene rings is 1. The second kappa shape index (κ2) is 4.09. The molecule has 0 unspecified atom stereocenters. The maximum Gasteiger partial charge on any atom is 0.416 e. The molecule has 0 N–H and O–H groups in total. The highest BCUT2D eigenvalue weighted by molar-refractivity contribution is 7.10. The average molecular weight is 245 g/mol. The van der Waals surface area contributed by atoms with Crippen LogP contribution in [0.4, 0.5) is 13.2 Å². The van der Waals surface area contributed by atoms with Gasteiger partial charge in [-0.3, -0.25) is 0 Å². The normalized spacial score (nSPS) is 11.4. The van der Waals surface area contributed by atoms with Crippen LogP contribution in [0.1, 0.15) is 5.56 Å². The molecule has 0 aliphatic heterocycles. The highest BCUT2D eigenvalue weighted by Gasteiger charge is 2.30. The lowest BCUT2D eigenvalue weighted by Gasteiger charge is -2.07. The third-order valence-corrected chi connectivity index (χ3v) is 2.18. The highest BCUT2D eigenvalue weighted by Crippen LogP contribution is 2.32. The summed E-state index contributed by atoms with van der Waals surface area (Å²) in [5, 5.41) is 7.05. The van der Waals surface area contributed by atoms with Gasteiger partial charge >= 0.3 is 6.18 Å². The van der Waals surface area contributed by atoms with Crippen LogP contribution in [0.2, 0.25) is 0 Å². The van der Waals surface area contributed by atoms with Crippen LogP contribution in [-0.4, -0.2) is 10.2 Å². The van der Waals surface area contributed by atoms with Crippen LogP contribution in [0.5, 0.6) is 10.9 Å². The molecule has 0 aliphatic carbocycles. The summed E-state index contributed by atoms with van der Waals surface area (Å²) in [6, 6.07) is 4.56. The molecule has 16 heavy (non-hydrogen) atoms. The number of alkyl halides is 3. The summed E-state index contributed by atoms with van der Waals surface area (Å²) >= 11 is 0.980. The largest absolute Gasteiger partial charge is 0.430 e. The van der Waals surface area contributed by atoms with Gasteiger partial charge in [0.05, 0.1) is 5.56 Å². The molecule has 0 aliphatic rings. The van der Waals surface area contributed by atoms with Gasteiger partial charge in [0, 0.05) is 0 Å². The number of ether oxygens (including phenoxy) is 1. The molecule has 1 radical (unpaired) electrons. The van der Waals surface area contributed by atoms with Crippen molar-refractivity contribution >= 4 is 11.3 Å². The first-order valence-corrected chi connectivity index (χ1v) is 4.92. The second-order valence-corrected chi connectivity index (χ2v) is 3.52. The van der Waals surface area contributed by atoms with Crippen LogP contribution in [0.3, 0.4) is 0 Å². The average Bonchev–Trinajstić information content (AvgIpc) is 2.70. The maximum absolute atomic E-state index is 12.4. The summed E-state index contributed by atoms with van der Waals surface area (Å²) in [6.45, 7) is 0.